The number of ether oxygens (including phenoxy) is 1. The number of nitrogens with zero attached hydrogens (tertiary/aromatic N) is 2. The number of hydrazone groups is 1. The number of carbonyl (C=O) groups is 2. The monoisotopic (exact) mass is 403 g/mol. The lowest BCUT2D eigenvalue weighted by molar-refractivity contribution is -0.117. The van der Waals surface area contributed by atoms with Crippen molar-refractivity contribution in [3.8, 4) is 11.5 Å². The summed E-state index contributed by atoms with van der Waals surface area (Å²) in [4.78, 5) is 24.5. The summed E-state index contributed by atoms with van der Waals surface area (Å²) in [6.07, 6.45) is 1.74. The Kier molecular flexibility index (Phi) is 3.70. The van der Waals surface area contributed by atoms with Gasteiger partial charge < -0.3 is 21.1 Å². The van der Waals surface area contributed by atoms with Gasteiger partial charge in [-0.2, -0.15) is 5.01 Å². The Hall–Kier alpha value is -3.81. The molecule has 8 nitrogen and oxygen atoms in total. The van der Waals surface area contributed by atoms with Crippen molar-refractivity contribution in [1.29, 1.82) is 0 Å². The first-order valence-corrected chi connectivity index (χ1v) is 9.68. The van der Waals surface area contributed by atoms with Gasteiger partial charge >= 0.3 is 6.03 Å². The third-order valence-corrected chi connectivity index (χ3v) is 5.82. The zero-order chi connectivity index (χ0) is 21.2. The molecule has 30 heavy (non-hydrogen) atoms. The van der Waals surface area contributed by atoms with E-state index in [1.54, 1.807) is 0 Å². The number of amidine groups is 1. The smallest absolute Gasteiger partial charge is 0.347 e. The normalized spacial score (nSPS) is 18.7. The van der Waals surface area contributed by atoms with Crippen molar-refractivity contribution in [2.45, 2.75) is 32.1 Å². The summed E-state index contributed by atoms with van der Waals surface area (Å²) in [5.41, 5.74) is 9.83. The minimum absolute atomic E-state index is 0.0775. The molecule has 2 aromatic carbocycles. The number of carbonyl (C=O) groups excluding carboxylic acids is 2. The lowest BCUT2D eigenvalue weighted by Gasteiger charge is -2.25. The van der Waals surface area contributed by atoms with Gasteiger partial charge in [0.05, 0.1) is 16.8 Å². The van der Waals surface area contributed by atoms with Gasteiger partial charge in [-0.05, 0) is 73.7 Å². The number of amides is 3. The average Bonchev–Trinajstić information content (AvgIpc) is 3.45. The Bertz CT molecular complexity index is 1160. The number of benzene rings is 2. The van der Waals surface area contributed by atoms with Crippen molar-refractivity contribution in [3.63, 3.8) is 0 Å². The highest BCUT2D eigenvalue weighted by atomic mass is 16.5. The van der Waals surface area contributed by atoms with Crippen LogP contribution in [-0.4, -0.2) is 17.8 Å². The molecule has 0 unspecified atom stereocenters. The van der Waals surface area contributed by atoms with Crippen LogP contribution in [0.15, 0.2) is 47.7 Å². The van der Waals surface area contributed by atoms with Gasteiger partial charge in [0, 0.05) is 5.69 Å². The quantitative estimate of drug-likeness (QED) is 0.730. The maximum atomic E-state index is 12.3. The summed E-state index contributed by atoms with van der Waals surface area (Å²) >= 11 is 0. The molecule has 4 N–H and O–H groups in total. The van der Waals surface area contributed by atoms with E-state index in [0.717, 1.165) is 35.2 Å². The van der Waals surface area contributed by atoms with E-state index in [-0.39, 0.29) is 22.9 Å². The van der Waals surface area contributed by atoms with Crippen molar-refractivity contribution >= 4 is 29.1 Å². The van der Waals surface area contributed by atoms with E-state index in [9.17, 15) is 9.59 Å². The number of hydrogen-bond acceptors (Lipinski definition) is 5. The van der Waals surface area contributed by atoms with Crippen LogP contribution in [-0.2, 0) is 10.2 Å². The summed E-state index contributed by atoms with van der Waals surface area (Å²) in [6.45, 7) is 7.46. The fourth-order valence-electron chi connectivity index (χ4n) is 4.04. The van der Waals surface area contributed by atoms with Gasteiger partial charge in [-0.15, -0.1) is 5.10 Å². The van der Waals surface area contributed by atoms with Crippen LogP contribution in [0.25, 0.3) is 0 Å². The van der Waals surface area contributed by atoms with Crippen LogP contribution in [0.3, 0.4) is 0 Å². The fraction of sp³-hybridized carbons (Fsp3) is 0.227. The lowest BCUT2D eigenvalue weighted by atomic mass is 9.98. The first-order chi connectivity index (χ1) is 14.3. The molecule has 5 rings (SSSR count). The van der Waals surface area contributed by atoms with Crippen molar-refractivity contribution < 1.29 is 14.3 Å². The molecule has 3 aliphatic rings. The van der Waals surface area contributed by atoms with Crippen LogP contribution in [0.5, 0.6) is 11.5 Å². The first kappa shape index (κ1) is 18.2. The Morgan fingerprint density at radius 3 is 2.50 bits per heavy atom. The lowest BCUT2D eigenvalue weighted by Crippen LogP contribution is -2.45. The number of nitrogens with one attached hydrogen (secondary N) is 2. The molecule has 0 saturated heterocycles. The first-order valence-electron chi connectivity index (χ1n) is 9.68. The van der Waals surface area contributed by atoms with Gasteiger partial charge in [-0.1, -0.05) is 6.58 Å². The van der Waals surface area contributed by atoms with E-state index in [4.69, 9.17) is 10.5 Å². The minimum atomic E-state index is -0.424. The molecule has 0 bridgehead atoms. The van der Waals surface area contributed by atoms with E-state index < -0.39 is 6.03 Å². The number of hydrogen-bond donors (Lipinski definition) is 3. The van der Waals surface area contributed by atoms with Gasteiger partial charge in [0.25, 0.3) is 0 Å². The number of nitrogens with two attached hydrogens (primary N) is 1. The number of fused-ring (bicyclic) bond motifs is 2. The summed E-state index contributed by atoms with van der Waals surface area (Å²) in [6, 6.07) is 8.88. The molecular formula is C22H21N5O3. The molecule has 1 fully saturated rings. The van der Waals surface area contributed by atoms with Gasteiger partial charge in [0.2, 0.25) is 5.91 Å². The second-order valence-electron chi connectivity index (χ2n) is 7.96. The molecule has 0 atom stereocenters. The summed E-state index contributed by atoms with van der Waals surface area (Å²) in [5.74, 6) is 1.60. The summed E-state index contributed by atoms with van der Waals surface area (Å²) in [7, 11) is 0. The standard InChI is InChI=1S/C22H21N5O3/c1-11-8-14(27-21(29)24-13(3)19(23)26-27)9-12(2)18(11)30-15-4-5-17-16(10-15)22(6-7-22)20(28)25-17/h4-5,8-10H,3,6-7H2,1-2H3,(H2,23,26)(H,24,29)(H,25,28). The summed E-state index contributed by atoms with van der Waals surface area (Å²) < 4.78 is 6.20. The van der Waals surface area contributed by atoms with Crippen LogP contribution < -0.4 is 26.1 Å². The number of rotatable bonds is 3. The van der Waals surface area contributed by atoms with E-state index >= 15 is 0 Å². The molecule has 0 radical (unpaired) electrons. The molecule has 0 aromatic heterocycles. The van der Waals surface area contributed by atoms with Gasteiger partial charge in [-0.3, -0.25) is 4.79 Å². The largest absolute Gasteiger partial charge is 0.457 e. The SMILES string of the molecule is C=C1NC(=O)N(c2cc(C)c(Oc3ccc4c(c3)C3(CC3)C(=O)N4)c(C)c2)N=C1N. The minimum Gasteiger partial charge on any atom is -0.457 e. The Balaban J connectivity index is 1.46. The van der Waals surface area contributed by atoms with Gasteiger partial charge in [-0.25, -0.2) is 4.79 Å². The van der Waals surface area contributed by atoms with E-state index in [2.05, 4.69) is 22.3 Å². The van der Waals surface area contributed by atoms with E-state index in [1.165, 1.54) is 5.01 Å². The second-order valence-corrected chi connectivity index (χ2v) is 7.96. The number of aryl methyl sites for hydroxylation is 2. The predicted molar refractivity (Wildman–Crippen MR) is 114 cm³/mol. The molecule has 1 spiro atoms. The zero-order valence-corrected chi connectivity index (χ0v) is 16.7. The third-order valence-electron chi connectivity index (χ3n) is 5.82. The van der Waals surface area contributed by atoms with Gasteiger partial charge in [0.15, 0.2) is 5.84 Å². The fourth-order valence-corrected chi connectivity index (χ4v) is 4.04. The molecular weight excluding hydrogens is 382 g/mol. The van der Waals surface area contributed by atoms with Crippen LogP contribution >= 0.6 is 0 Å². The summed E-state index contributed by atoms with van der Waals surface area (Å²) in [5, 5.41) is 10.9. The molecule has 152 valence electrons. The predicted octanol–water partition coefficient (Wildman–Crippen LogP) is 3.39. The van der Waals surface area contributed by atoms with E-state index in [0.29, 0.717) is 17.2 Å². The molecule has 1 aliphatic carbocycles. The maximum Gasteiger partial charge on any atom is 0.347 e. The Morgan fingerprint density at radius 2 is 1.83 bits per heavy atom. The van der Waals surface area contributed by atoms with Crippen molar-refractivity contribution in [3.05, 3.63) is 59.3 Å². The highest BCUT2D eigenvalue weighted by molar-refractivity contribution is 6.09. The average molecular weight is 403 g/mol. The number of urea groups is 1. The zero-order valence-electron chi connectivity index (χ0n) is 16.7. The van der Waals surface area contributed by atoms with Crippen molar-refractivity contribution in [1.82, 2.24) is 5.32 Å². The molecule has 8 heteroatoms. The molecule has 1 saturated carbocycles. The second kappa shape index (κ2) is 6.09. The van der Waals surface area contributed by atoms with Gasteiger partial charge in [0.1, 0.15) is 11.5 Å². The highest BCUT2D eigenvalue weighted by Crippen LogP contribution is 2.56. The molecule has 3 amide bonds. The molecule has 2 heterocycles. The van der Waals surface area contributed by atoms with Crippen LogP contribution in [0.4, 0.5) is 16.2 Å². The molecule has 2 aromatic rings. The Labute approximate surface area is 173 Å². The molecule has 2 aliphatic heterocycles. The number of anilines is 2. The van der Waals surface area contributed by atoms with Crippen molar-refractivity contribution in [2.24, 2.45) is 10.8 Å². The van der Waals surface area contributed by atoms with E-state index in [1.807, 2.05) is 44.2 Å². The third kappa shape index (κ3) is 2.64. The van der Waals surface area contributed by atoms with Crippen LogP contribution in [0.1, 0.15) is 29.5 Å². The maximum absolute atomic E-state index is 12.3. The van der Waals surface area contributed by atoms with Crippen LogP contribution in [0.2, 0.25) is 0 Å². The highest BCUT2D eigenvalue weighted by Gasteiger charge is 2.56. The topological polar surface area (TPSA) is 109 Å². The van der Waals surface area contributed by atoms with Crippen molar-refractivity contribution in [2.75, 3.05) is 10.3 Å². The Morgan fingerprint density at radius 1 is 1.13 bits per heavy atom. The van der Waals surface area contributed by atoms with Crippen LogP contribution in [0, 0.1) is 13.8 Å².